The van der Waals surface area contributed by atoms with Gasteiger partial charge in [-0.2, -0.15) is 0 Å². The summed E-state index contributed by atoms with van der Waals surface area (Å²) in [5.74, 6) is -0.981. The van der Waals surface area contributed by atoms with Crippen molar-refractivity contribution in [2.24, 2.45) is 0 Å². The first-order chi connectivity index (χ1) is 12.3. The van der Waals surface area contributed by atoms with Crippen LogP contribution in [0.15, 0.2) is 0 Å². The zero-order chi connectivity index (χ0) is 19.7. The average Bonchev–Trinajstić information content (AvgIpc) is 2.58. The summed E-state index contributed by atoms with van der Waals surface area (Å²) in [6, 6.07) is 0. The largest absolute Gasteiger partial charge is 0.466 e. The standard InChI is InChI=1S/C19H33Cl3O4/c1-2-3-4-5-6-7-8-9-10-11-12-15-25-17(23)13-14-18(24)26-16-19(20,21)22/h2-16H2,1H3. The Labute approximate surface area is 173 Å². The first-order valence-electron chi connectivity index (χ1n) is 9.73. The maximum Gasteiger partial charge on any atom is 0.306 e. The van der Waals surface area contributed by atoms with Gasteiger partial charge in [-0.3, -0.25) is 9.59 Å². The van der Waals surface area contributed by atoms with Crippen molar-refractivity contribution in [3.63, 3.8) is 0 Å². The maximum atomic E-state index is 11.5. The van der Waals surface area contributed by atoms with E-state index in [1.165, 1.54) is 57.8 Å². The predicted molar refractivity (Wildman–Crippen MR) is 108 cm³/mol. The first kappa shape index (κ1) is 25.8. The summed E-state index contributed by atoms with van der Waals surface area (Å²) < 4.78 is 8.19. The van der Waals surface area contributed by atoms with Gasteiger partial charge in [-0.15, -0.1) is 0 Å². The van der Waals surface area contributed by atoms with Crippen LogP contribution in [0.25, 0.3) is 0 Å². The van der Waals surface area contributed by atoms with Crippen LogP contribution in [0.3, 0.4) is 0 Å². The minimum absolute atomic E-state index is 0.0171. The highest BCUT2D eigenvalue weighted by atomic mass is 35.6. The molecular weight excluding hydrogens is 399 g/mol. The Kier molecular flexibility index (Phi) is 16.8. The minimum atomic E-state index is -1.63. The van der Waals surface area contributed by atoms with Crippen LogP contribution in [-0.2, 0) is 19.1 Å². The number of esters is 2. The molecule has 0 rings (SSSR count). The Morgan fingerprint density at radius 3 is 1.58 bits per heavy atom. The smallest absolute Gasteiger partial charge is 0.306 e. The monoisotopic (exact) mass is 430 g/mol. The van der Waals surface area contributed by atoms with Gasteiger partial charge in [0.15, 0.2) is 0 Å². The summed E-state index contributed by atoms with van der Waals surface area (Å²) >= 11 is 16.4. The normalized spacial score (nSPS) is 11.4. The molecule has 0 aliphatic carbocycles. The van der Waals surface area contributed by atoms with Crippen molar-refractivity contribution in [1.29, 1.82) is 0 Å². The zero-order valence-corrected chi connectivity index (χ0v) is 18.1. The molecule has 0 aromatic heterocycles. The molecule has 154 valence electrons. The number of halogens is 3. The van der Waals surface area contributed by atoms with Crippen molar-refractivity contribution in [3.05, 3.63) is 0 Å². The molecular formula is C19H33Cl3O4. The Morgan fingerprint density at radius 1 is 0.692 bits per heavy atom. The Hall–Kier alpha value is -0.190. The highest BCUT2D eigenvalue weighted by Gasteiger charge is 2.22. The van der Waals surface area contributed by atoms with E-state index < -0.39 is 15.7 Å². The van der Waals surface area contributed by atoms with E-state index in [4.69, 9.17) is 44.3 Å². The summed E-state index contributed by atoms with van der Waals surface area (Å²) in [7, 11) is 0. The Morgan fingerprint density at radius 2 is 1.12 bits per heavy atom. The van der Waals surface area contributed by atoms with Gasteiger partial charge in [-0.05, 0) is 6.42 Å². The molecule has 0 radical (unpaired) electrons. The number of ether oxygens (including phenoxy) is 2. The van der Waals surface area contributed by atoms with Gasteiger partial charge in [-0.1, -0.05) is 106 Å². The van der Waals surface area contributed by atoms with Crippen LogP contribution in [0.5, 0.6) is 0 Å². The molecule has 4 nitrogen and oxygen atoms in total. The fourth-order valence-corrected chi connectivity index (χ4v) is 2.63. The third-order valence-electron chi connectivity index (χ3n) is 3.94. The van der Waals surface area contributed by atoms with E-state index in [9.17, 15) is 9.59 Å². The lowest BCUT2D eigenvalue weighted by Crippen LogP contribution is -2.18. The van der Waals surface area contributed by atoms with Crippen LogP contribution in [0.4, 0.5) is 0 Å². The third kappa shape index (κ3) is 20.1. The number of carbonyl (C=O) groups excluding carboxylic acids is 2. The van der Waals surface area contributed by atoms with E-state index in [0.717, 1.165) is 12.8 Å². The van der Waals surface area contributed by atoms with Crippen molar-refractivity contribution in [2.75, 3.05) is 13.2 Å². The van der Waals surface area contributed by atoms with Gasteiger partial charge in [0.25, 0.3) is 0 Å². The fraction of sp³-hybridized carbons (Fsp3) is 0.895. The van der Waals surface area contributed by atoms with Gasteiger partial charge in [0, 0.05) is 0 Å². The predicted octanol–water partition coefficient (Wildman–Crippen LogP) is 6.53. The van der Waals surface area contributed by atoms with E-state index in [1.54, 1.807) is 0 Å². The minimum Gasteiger partial charge on any atom is -0.466 e. The molecule has 0 atom stereocenters. The van der Waals surface area contributed by atoms with Crippen LogP contribution in [0.2, 0.25) is 0 Å². The quantitative estimate of drug-likeness (QED) is 0.158. The molecule has 0 aliphatic rings. The van der Waals surface area contributed by atoms with Crippen LogP contribution in [-0.4, -0.2) is 28.9 Å². The third-order valence-corrected chi connectivity index (χ3v) is 4.27. The average molecular weight is 432 g/mol. The van der Waals surface area contributed by atoms with Crippen molar-refractivity contribution < 1.29 is 19.1 Å². The van der Waals surface area contributed by atoms with E-state index >= 15 is 0 Å². The first-order valence-corrected chi connectivity index (χ1v) is 10.9. The van der Waals surface area contributed by atoms with Crippen LogP contribution in [0.1, 0.15) is 90.4 Å². The van der Waals surface area contributed by atoms with Crippen molar-refractivity contribution in [2.45, 2.75) is 94.2 Å². The Bertz CT molecular complexity index is 370. The topological polar surface area (TPSA) is 52.6 Å². The van der Waals surface area contributed by atoms with E-state index in [0.29, 0.717) is 6.61 Å². The molecule has 0 aliphatic heterocycles. The molecule has 0 bridgehead atoms. The Balaban J connectivity index is 3.35. The van der Waals surface area contributed by atoms with Gasteiger partial charge < -0.3 is 9.47 Å². The summed E-state index contributed by atoms with van der Waals surface area (Å²) in [6.07, 6.45) is 13.6. The van der Waals surface area contributed by atoms with E-state index in [2.05, 4.69) is 6.92 Å². The lowest BCUT2D eigenvalue weighted by atomic mass is 10.1. The number of alkyl halides is 3. The van der Waals surface area contributed by atoms with Gasteiger partial charge >= 0.3 is 11.9 Å². The molecule has 0 fully saturated rings. The van der Waals surface area contributed by atoms with Gasteiger partial charge in [0.1, 0.15) is 6.61 Å². The van der Waals surface area contributed by atoms with Gasteiger partial charge in [0.05, 0.1) is 19.4 Å². The number of rotatable bonds is 16. The second-order valence-corrected chi connectivity index (χ2v) is 9.05. The van der Waals surface area contributed by atoms with Crippen molar-refractivity contribution >= 4 is 46.7 Å². The second kappa shape index (κ2) is 16.9. The number of carbonyl (C=O) groups is 2. The lowest BCUT2D eigenvalue weighted by molar-refractivity contribution is -0.150. The van der Waals surface area contributed by atoms with Gasteiger partial charge in [-0.25, -0.2) is 0 Å². The molecule has 0 amide bonds. The molecule has 0 aromatic carbocycles. The molecule has 7 heteroatoms. The summed E-state index contributed by atoms with van der Waals surface area (Å²) in [5.41, 5.74) is 0. The summed E-state index contributed by atoms with van der Waals surface area (Å²) in [4.78, 5) is 22.9. The maximum absolute atomic E-state index is 11.5. The van der Waals surface area contributed by atoms with Crippen LogP contribution < -0.4 is 0 Å². The summed E-state index contributed by atoms with van der Waals surface area (Å²) in [5, 5.41) is 0. The SMILES string of the molecule is CCCCCCCCCCCCCOC(=O)CCC(=O)OCC(Cl)(Cl)Cl. The van der Waals surface area contributed by atoms with Crippen LogP contribution in [0, 0.1) is 0 Å². The van der Waals surface area contributed by atoms with Crippen LogP contribution >= 0.6 is 34.8 Å². The molecule has 0 unspecified atom stereocenters. The van der Waals surface area contributed by atoms with Crippen molar-refractivity contribution in [3.8, 4) is 0 Å². The molecule has 26 heavy (non-hydrogen) atoms. The number of hydrogen-bond donors (Lipinski definition) is 0. The van der Waals surface area contributed by atoms with E-state index in [1.807, 2.05) is 0 Å². The molecule has 0 spiro atoms. The van der Waals surface area contributed by atoms with Gasteiger partial charge in [0.2, 0.25) is 3.79 Å². The second-order valence-electron chi connectivity index (χ2n) is 6.53. The molecule has 0 saturated heterocycles. The highest BCUT2D eigenvalue weighted by molar-refractivity contribution is 6.67. The molecule has 0 saturated carbocycles. The zero-order valence-electron chi connectivity index (χ0n) is 15.9. The number of unbranched alkanes of at least 4 members (excludes halogenated alkanes) is 10. The fourth-order valence-electron chi connectivity index (χ4n) is 2.46. The van der Waals surface area contributed by atoms with E-state index in [-0.39, 0.29) is 19.4 Å². The number of hydrogen-bond acceptors (Lipinski definition) is 4. The summed E-state index contributed by atoms with van der Waals surface area (Å²) in [6.45, 7) is 2.31. The lowest BCUT2D eigenvalue weighted by Gasteiger charge is -2.11. The van der Waals surface area contributed by atoms with Crippen molar-refractivity contribution in [1.82, 2.24) is 0 Å². The molecule has 0 heterocycles. The molecule has 0 N–H and O–H groups in total. The molecule has 0 aromatic rings. The highest BCUT2D eigenvalue weighted by Crippen LogP contribution is 2.26.